The topological polar surface area (TPSA) is 24.9 Å². The Morgan fingerprint density at radius 2 is 2.36 bits per heavy atom. The lowest BCUT2D eigenvalue weighted by Gasteiger charge is -2.32. The molecule has 0 bridgehead atoms. The monoisotopic (exact) mass is 194 g/mol. The second-order valence-electron chi connectivity index (χ2n) is 3.96. The molecular formula is C11H15FN2. The summed E-state index contributed by atoms with van der Waals surface area (Å²) >= 11 is 0. The Balaban J connectivity index is 1.99. The van der Waals surface area contributed by atoms with Crippen molar-refractivity contribution in [2.45, 2.75) is 32.2 Å². The van der Waals surface area contributed by atoms with Crippen molar-refractivity contribution in [2.24, 2.45) is 5.92 Å². The normalized spacial score (nSPS) is 18.7. The average molecular weight is 194 g/mol. The van der Waals surface area contributed by atoms with Gasteiger partial charge in [0.15, 0.2) is 11.6 Å². The van der Waals surface area contributed by atoms with E-state index in [9.17, 15) is 4.39 Å². The summed E-state index contributed by atoms with van der Waals surface area (Å²) in [6, 6.07) is 3.37. The van der Waals surface area contributed by atoms with Crippen molar-refractivity contribution in [1.82, 2.24) is 4.98 Å². The summed E-state index contributed by atoms with van der Waals surface area (Å²) in [5.74, 6) is 0.807. The molecule has 0 amide bonds. The van der Waals surface area contributed by atoms with Crippen LogP contribution in [0.3, 0.4) is 0 Å². The van der Waals surface area contributed by atoms with Crippen molar-refractivity contribution in [3.63, 3.8) is 0 Å². The van der Waals surface area contributed by atoms with Crippen molar-refractivity contribution in [1.29, 1.82) is 0 Å². The fraction of sp³-hybridized carbons (Fsp3) is 0.545. The number of halogens is 1. The highest BCUT2D eigenvalue weighted by Gasteiger charge is 2.24. The smallest absolute Gasteiger partial charge is 0.165 e. The Bertz CT molecular complexity index is 310. The van der Waals surface area contributed by atoms with E-state index in [-0.39, 0.29) is 5.82 Å². The SMILES string of the molecule is CC(Nc1ncccc1F)C1CCC1. The Kier molecular flexibility index (Phi) is 2.66. The highest BCUT2D eigenvalue weighted by molar-refractivity contribution is 5.36. The molecule has 0 spiro atoms. The van der Waals surface area contributed by atoms with Crippen LogP contribution in [0.5, 0.6) is 0 Å². The molecular weight excluding hydrogens is 179 g/mol. The van der Waals surface area contributed by atoms with Crippen LogP contribution in [0, 0.1) is 11.7 Å². The van der Waals surface area contributed by atoms with Crippen LogP contribution in [-0.4, -0.2) is 11.0 Å². The van der Waals surface area contributed by atoms with Crippen LogP contribution in [0.15, 0.2) is 18.3 Å². The second-order valence-corrected chi connectivity index (χ2v) is 3.96. The summed E-state index contributed by atoms with van der Waals surface area (Å²) in [7, 11) is 0. The van der Waals surface area contributed by atoms with Crippen LogP contribution in [0.2, 0.25) is 0 Å². The van der Waals surface area contributed by atoms with Gasteiger partial charge in [0, 0.05) is 12.2 Å². The molecule has 1 aliphatic rings. The summed E-state index contributed by atoms with van der Waals surface area (Å²) < 4.78 is 13.2. The van der Waals surface area contributed by atoms with Crippen molar-refractivity contribution in [3.8, 4) is 0 Å². The Labute approximate surface area is 83.6 Å². The Hall–Kier alpha value is -1.12. The summed E-state index contributed by atoms with van der Waals surface area (Å²) in [5, 5.41) is 3.13. The molecule has 3 heteroatoms. The zero-order valence-corrected chi connectivity index (χ0v) is 8.33. The fourth-order valence-electron chi connectivity index (χ4n) is 1.77. The molecule has 1 heterocycles. The average Bonchev–Trinajstić information content (AvgIpc) is 2.05. The quantitative estimate of drug-likeness (QED) is 0.800. The molecule has 2 rings (SSSR count). The molecule has 76 valence electrons. The lowest BCUT2D eigenvalue weighted by Crippen LogP contribution is -2.31. The largest absolute Gasteiger partial charge is 0.365 e. The molecule has 1 aromatic heterocycles. The number of pyridine rings is 1. The van der Waals surface area contributed by atoms with E-state index < -0.39 is 0 Å². The van der Waals surface area contributed by atoms with Gasteiger partial charge < -0.3 is 5.32 Å². The highest BCUT2D eigenvalue weighted by Crippen LogP contribution is 2.30. The van der Waals surface area contributed by atoms with Crippen LogP contribution in [0.25, 0.3) is 0 Å². The Morgan fingerprint density at radius 1 is 1.57 bits per heavy atom. The number of nitrogens with one attached hydrogen (secondary N) is 1. The number of nitrogens with zero attached hydrogens (tertiary/aromatic N) is 1. The van der Waals surface area contributed by atoms with Gasteiger partial charge in [0.25, 0.3) is 0 Å². The molecule has 1 N–H and O–H groups in total. The minimum Gasteiger partial charge on any atom is -0.365 e. The van der Waals surface area contributed by atoms with Crippen LogP contribution in [0.1, 0.15) is 26.2 Å². The van der Waals surface area contributed by atoms with E-state index in [1.165, 1.54) is 25.3 Å². The summed E-state index contributed by atoms with van der Waals surface area (Å²) in [5.41, 5.74) is 0. The summed E-state index contributed by atoms with van der Waals surface area (Å²) in [6.07, 6.45) is 5.42. The Morgan fingerprint density at radius 3 is 2.93 bits per heavy atom. The third-order valence-corrected chi connectivity index (χ3v) is 2.98. The minimum absolute atomic E-state index is 0.265. The first-order valence-electron chi connectivity index (χ1n) is 5.14. The zero-order valence-electron chi connectivity index (χ0n) is 8.33. The van der Waals surface area contributed by atoms with Gasteiger partial charge >= 0.3 is 0 Å². The second kappa shape index (κ2) is 3.95. The minimum atomic E-state index is -0.265. The van der Waals surface area contributed by atoms with Gasteiger partial charge in [-0.25, -0.2) is 9.37 Å². The van der Waals surface area contributed by atoms with Crippen molar-refractivity contribution in [2.75, 3.05) is 5.32 Å². The van der Waals surface area contributed by atoms with Gasteiger partial charge in [-0.3, -0.25) is 0 Å². The van der Waals surface area contributed by atoms with Crippen LogP contribution in [0.4, 0.5) is 10.2 Å². The zero-order chi connectivity index (χ0) is 9.97. The predicted octanol–water partition coefficient (Wildman–Crippen LogP) is 2.82. The maximum absolute atomic E-state index is 13.2. The summed E-state index contributed by atoms with van der Waals surface area (Å²) in [4.78, 5) is 3.97. The molecule has 2 nitrogen and oxygen atoms in total. The molecule has 1 unspecified atom stereocenters. The number of hydrogen-bond donors (Lipinski definition) is 1. The van der Waals surface area contributed by atoms with Gasteiger partial charge in [0.05, 0.1) is 0 Å². The number of aromatic nitrogens is 1. The first-order valence-corrected chi connectivity index (χ1v) is 5.14. The molecule has 1 saturated carbocycles. The highest BCUT2D eigenvalue weighted by atomic mass is 19.1. The standard InChI is InChI=1S/C11H15FN2/c1-8(9-4-2-5-9)14-11-10(12)6-3-7-13-11/h3,6-9H,2,4-5H2,1H3,(H,13,14). The van der Waals surface area contributed by atoms with E-state index in [1.807, 2.05) is 0 Å². The van der Waals surface area contributed by atoms with Gasteiger partial charge in [-0.15, -0.1) is 0 Å². The maximum atomic E-state index is 13.2. The molecule has 14 heavy (non-hydrogen) atoms. The van der Waals surface area contributed by atoms with Gasteiger partial charge in [0.2, 0.25) is 0 Å². The number of anilines is 1. The van der Waals surface area contributed by atoms with Gasteiger partial charge in [-0.2, -0.15) is 0 Å². The summed E-state index contributed by atoms with van der Waals surface area (Å²) in [6.45, 7) is 2.10. The predicted molar refractivity (Wildman–Crippen MR) is 54.6 cm³/mol. The van der Waals surface area contributed by atoms with Gasteiger partial charge in [0.1, 0.15) is 0 Å². The van der Waals surface area contributed by atoms with Gasteiger partial charge in [-0.05, 0) is 37.8 Å². The van der Waals surface area contributed by atoms with Crippen molar-refractivity contribution >= 4 is 5.82 Å². The van der Waals surface area contributed by atoms with E-state index in [1.54, 1.807) is 12.3 Å². The number of hydrogen-bond acceptors (Lipinski definition) is 2. The van der Waals surface area contributed by atoms with E-state index in [4.69, 9.17) is 0 Å². The van der Waals surface area contributed by atoms with Crippen LogP contribution >= 0.6 is 0 Å². The molecule has 0 aliphatic heterocycles. The number of rotatable bonds is 3. The molecule has 0 saturated heterocycles. The van der Waals surface area contributed by atoms with Crippen molar-refractivity contribution < 1.29 is 4.39 Å². The molecule has 0 radical (unpaired) electrons. The molecule has 1 fully saturated rings. The van der Waals surface area contributed by atoms with E-state index in [0.717, 1.165) is 0 Å². The van der Waals surface area contributed by atoms with E-state index >= 15 is 0 Å². The molecule has 1 aliphatic carbocycles. The lowest BCUT2D eigenvalue weighted by molar-refractivity contribution is 0.284. The molecule has 1 atom stereocenters. The fourth-order valence-corrected chi connectivity index (χ4v) is 1.77. The maximum Gasteiger partial charge on any atom is 0.165 e. The first-order chi connectivity index (χ1) is 6.77. The third-order valence-electron chi connectivity index (χ3n) is 2.98. The van der Waals surface area contributed by atoms with Crippen LogP contribution in [-0.2, 0) is 0 Å². The van der Waals surface area contributed by atoms with Gasteiger partial charge in [-0.1, -0.05) is 6.42 Å². The van der Waals surface area contributed by atoms with Crippen molar-refractivity contribution in [3.05, 3.63) is 24.1 Å². The molecule has 0 aromatic carbocycles. The first kappa shape index (κ1) is 9.44. The molecule has 1 aromatic rings. The van der Waals surface area contributed by atoms with Crippen LogP contribution < -0.4 is 5.32 Å². The van der Waals surface area contributed by atoms with E-state index in [0.29, 0.717) is 17.8 Å². The third kappa shape index (κ3) is 1.86. The van der Waals surface area contributed by atoms with E-state index in [2.05, 4.69) is 17.2 Å². The lowest BCUT2D eigenvalue weighted by atomic mass is 9.80.